The number of esters is 2. The van der Waals surface area contributed by atoms with E-state index in [1.807, 2.05) is 0 Å². The number of piperidine rings is 1. The molecule has 0 radical (unpaired) electrons. The van der Waals surface area contributed by atoms with Gasteiger partial charge in [-0.15, -0.1) is 0 Å². The van der Waals surface area contributed by atoms with E-state index in [2.05, 4.69) is 70.9 Å². The molecule has 10 heteroatoms. The predicted octanol–water partition coefficient (Wildman–Crippen LogP) is 7.93. The van der Waals surface area contributed by atoms with Crippen LogP contribution in [-0.4, -0.2) is 62.9 Å². The highest BCUT2D eigenvalue weighted by molar-refractivity contribution is 6.00. The summed E-state index contributed by atoms with van der Waals surface area (Å²) in [4.78, 5) is 29.0. The fourth-order valence-corrected chi connectivity index (χ4v) is 7.37. The zero-order valence-electron chi connectivity index (χ0n) is 29.6. The summed E-state index contributed by atoms with van der Waals surface area (Å²) in [5.41, 5.74) is 2.07. The van der Waals surface area contributed by atoms with Gasteiger partial charge in [0, 0.05) is 43.0 Å². The standard InChI is InChI=1S/C41H47F3N2O5/c1-4-50-38(47)35-29(2)45-30(3)36(37(35)33-19-11-12-20-34(33)41(42,43)44)39(48)51-28-14-27-49-26-13-23-46-24-21-40(22-25-46,31-15-7-5-8-16-31)32-17-9-6-10-18-32/h5-12,15-20,37,45H,4,13-14,21-28H2,1-3H3. The molecule has 0 aliphatic carbocycles. The molecule has 51 heavy (non-hydrogen) atoms. The van der Waals surface area contributed by atoms with Crippen molar-refractivity contribution >= 4 is 11.9 Å². The summed E-state index contributed by atoms with van der Waals surface area (Å²) in [5.74, 6) is -2.93. The van der Waals surface area contributed by atoms with E-state index in [1.165, 1.54) is 29.3 Å². The smallest absolute Gasteiger partial charge is 0.416 e. The lowest BCUT2D eigenvalue weighted by Crippen LogP contribution is -2.43. The monoisotopic (exact) mass is 704 g/mol. The Balaban J connectivity index is 1.11. The van der Waals surface area contributed by atoms with Crippen molar-refractivity contribution in [2.75, 3.05) is 46.1 Å². The van der Waals surface area contributed by atoms with Gasteiger partial charge in [-0.2, -0.15) is 13.2 Å². The van der Waals surface area contributed by atoms with Gasteiger partial charge in [-0.25, -0.2) is 9.59 Å². The van der Waals surface area contributed by atoms with Crippen LogP contribution in [-0.2, 0) is 35.4 Å². The number of nitrogens with one attached hydrogen (secondary N) is 1. The number of carbonyl (C=O) groups excluding carboxylic acids is 2. The number of rotatable bonds is 14. The maximum absolute atomic E-state index is 14.1. The van der Waals surface area contributed by atoms with Gasteiger partial charge in [-0.1, -0.05) is 78.9 Å². The third-order valence-electron chi connectivity index (χ3n) is 9.84. The molecule has 1 fully saturated rings. The molecule has 1 N–H and O–H groups in total. The Morgan fingerprint density at radius 3 is 1.86 bits per heavy atom. The highest BCUT2D eigenvalue weighted by atomic mass is 19.4. The summed E-state index contributed by atoms with van der Waals surface area (Å²) in [6.07, 6.45) is -1.35. The molecule has 0 aromatic heterocycles. The molecule has 1 unspecified atom stereocenters. The third kappa shape index (κ3) is 8.91. The molecule has 7 nitrogen and oxygen atoms in total. The molecular weight excluding hydrogens is 657 g/mol. The first kappa shape index (κ1) is 37.8. The Hall–Kier alpha value is -4.41. The molecule has 3 aromatic carbocycles. The summed E-state index contributed by atoms with van der Waals surface area (Å²) in [6, 6.07) is 26.5. The maximum Gasteiger partial charge on any atom is 0.416 e. The second kappa shape index (κ2) is 17.2. The van der Waals surface area contributed by atoms with Gasteiger partial charge in [0.2, 0.25) is 0 Å². The number of hydrogen-bond acceptors (Lipinski definition) is 7. The summed E-state index contributed by atoms with van der Waals surface area (Å²) in [7, 11) is 0. The van der Waals surface area contributed by atoms with Crippen LogP contribution < -0.4 is 5.32 Å². The lowest BCUT2D eigenvalue weighted by molar-refractivity contribution is -0.142. The quantitative estimate of drug-likeness (QED) is 0.135. The van der Waals surface area contributed by atoms with Crippen LogP contribution in [0.5, 0.6) is 0 Å². The Bertz CT molecular complexity index is 1660. The molecule has 1 atom stereocenters. The minimum absolute atomic E-state index is 0.00641. The number of ether oxygens (including phenoxy) is 3. The van der Waals surface area contributed by atoms with Gasteiger partial charge in [-0.3, -0.25) is 0 Å². The van der Waals surface area contributed by atoms with Crippen molar-refractivity contribution < 1.29 is 37.0 Å². The number of alkyl halides is 3. The molecular formula is C41H47F3N2O5. The number of likely N-dealkylation sites (tertiary alicyclic amines) is 1. The number of hydrogen-bond donors (Lipinski definition) is 1. The van der Waals surface area contributed by atoms with Crippen molar-refractivity contribution in [2.45, 2.75) is 64.0 Å². The Kier molecular flexibility index (Phi) is 12.8. The van der Waals surface area contributed by atoms with Crippen molar-refractivity contribution in [1.82, 2.24) is 10.2 Å². The SMILES string of the molecule is CCOC(=O)C1=C(C)NC(C)=C(C(=O)OCCCOCCCN2CCC(c3ccccc3)(c3ccccc3)CC2)C1c1ccccc1C(F)(F)F. The lowest BCUT2D eigenvalue weighted by Gasteiger charge is -2.43. The minimum Gasteiger partial charge on any atom is -0.463 e. The van der Waals surface area contributed by atoms with E-state index in [4.69, 9.17) is 14.2 Å². The van der Waals surface area contributed by atoms with Gasteiger partial charge in [0.15, 0.2) is 0 Å². The van der Waals surface area contributed by atoms with Crippen LogP contribution in [0.3, 0.4) is 0 Å². The first-order valence-electron chi connectivity index (χ1n) is 17.7. The topological polar surface area (TPSA) is 77.1 Å². The largest absolute Gasteiger partial charge is 0.463 e. The Morgan fingerprint density at radius 2 is 1.29 bits per heavy atom. The molecule has 3 aromatic rings. The van der Waals surface area contributed by atoms with E-state index in [-0.39, 0.29) is 35.3 Å². The normalized spacial score (nSPS) is 18.0. The first-order valence-corrected chi connectivity index (χ1v) is 17.7. The third-order valence-corrected chi connectivity index (χ3v) is 9.84. The first-order chi connectivity index (χ1) is 24.6. The summed E-state index contributed by atoms with van der Waals surface area (Å²) in [5, 5.41) is 2.98. The summed E-state index contributed by atoms with van der Waals surface area (Å²) < 4.78 is 59.1. The zero-order valence-corrected chi connectivity index (χ0v) is 29.6. The van der Waals surface area contributed by atoms with Crippen molar-refractivity contribution in [2.24, 2.45) is 0 Å². The molecule has 0 bridgehead atoms. The van der Waals surface area contributed by atoms with Gasteiger partial charge in [0.05, 0.1) is 35.8 Å². The van der Waals surface area contributed by atoms with E-state index in [0.717, 1.165) is 45.0 Å². The van der Waals surface area contributed by atoms with E-state index in [0.29, 0.717) is 31.0 Å². The molecule has 0 amide bonds. The van der Waals surface area contributed by atoms with Gasteiger partial charge in [-0.05, 0) is 75.9 Å². The van der Waals surface area contributed by atoms with Crippen LogP contribution in [0.2, 0.25) is 0 Å². The van der Waals surface area contributed by atoms with E-state index >= 15 is 0 Å². The van der Waals surface area contributed by atoms with Gasteiger partial charge in [0.1, 0.15) is 0 Å². The number of allylic oxidation sites excluding steroid dienone is 2. The number of carbonyl (C=O) groups is 2. The fraction of sp³-hybridized carbons (Fsp3) is 0.415. The predicted molar refractivity (Wildman–Crippen MR) is 190 cm³/mol. The molecule has 2 heterocycles. The van der Waals surface area contributed by atoms with Crippen LogP contribution in [0, 0.1) is 0 Å². The molecule has 0 spiro atoms. The molecule has 1 saturated heterocycles. The number of nitrogens with zero attached hydrogens (tertiary/aromatic N) is 1. The van der Waals surface area contributed by atoms with E-state index in [1.54, 1.807) is 20.8 Å². The highest BCUT2D eigenvalue weighted by Gasteiger charge is 2.43. The van der Waals surface area contributed by atoms with Crippen molar-refractivity contribution in [3.8, 4) is 0 Å². The van der Waals surface area contributed by atoms with E-state index < -0.39 is 29.6 Å². The Labute approximate surface area is 298 Å². The zero-order chi connectivity index (χ0) is 36.4. The minimum atomic E-state index is -4.71. The van der Waals surface area contributed by atoms with Crippen LogP contribution in [0.1, 0.15) is 74.6 Å². The second-order valence-electron chi connectivity index (χ2n) is 13.1. The van der Waals surface area contributed by atoms with Crippen molar-refractivity contribution in [3.63, 3.8) is 0 Å². The molecule has 0 saturated carbocycles. The van der Waals surface area contributed by atoms with Crippen LogP contribution in [0.4, 0.5) is 13.2 Å². The summed E-state index contributed by atoms with van der Waals surface area (Å²) >= 11 is 0. The molecule has 5 rings (SSSR count). The summed E-state index contributed by atoms with van der Waals surface area (Å²) in [6.45, 7) is 8.62. The molecule has 2 aliphatic heterocycles. The van der Waals surface area contributed by atoms with E-state index in [9.17, 15) is 22.8 Å². The van der Waals surface area contributed by atoms with Gasteiger partial charge in [0.25, 0.3) is 0 Å². The fourth-order valence-electron chi connectivity index (χ4n) is 7.37. The van der Waals surface area contributed by atoms with Gasteiger partial charge < -0.3 is 24.4 Å². The van der Waals surface area contributed by atoms with Crippen LogP contribution >= 0.6 is 0 Å². The molecule has 272 valence electrons. The molecule has 2 aliphatic rings. The van der Waals surface area contributed by atoms with Crippen molar-refractivity contribution in [1.29, 1.82) is 0 Å². The van der Waals surface area contributed by atoms with Crippen molar-refractivity contribution in [3.05, 3.63) is 130 Å². The number of dihydropyridines is 1. The number of halogens is 3. The average Bonchev–Trinajstić information content (AvgIpc) is 3.13. The van der Waals surface area contributed by atoms with Gasteiger partial charge >= 0.3 is 18.1 Å². The second-order valence-corrected chi connectivity index (χ2v) is 13.1. The van der Waals surface area contributed by atoms with Crippen LogP contribution in [0.25, 0.3) is 0 Å². The van der Waals surface area contributed by atoms with Crippen LogP contribution in [0.15, 0.2) is 107 Å². The number of benzene rings is 3. The lowest BCUT2D eigenvalue weighted by atomic mass is 9.68. The average molecular weight is 705 g/mol. The Morgan fingerprint density at radius 1 is 0.765 bits per heavy atom. The highest BCUT2D eigenvalue weighted by Crippen LogP contribution is 2.45. The maximum atomic E-state index is 14.1.